The summed E-state index contributed by atoms with van der Waals surface area (Å²) in [4.78, 5) is 11.5. The average Bonchev–Trinajstić information content (AvgIpc) is 3.08. The van der Waals surface area contributed by atoms with Crippen molar-refractivity contribution in [3.05, 3.63) is 29.3 Å². The smallest absolute Gasteiger partial charge is 0.475 e. The molecule has 0 radical (unpaired) electrons. The zero-order valence-electron chi connectivity index (χ0n) is 13.0. The Hall–Kier alpha value is -1.80. The lowest BCUT2D eigenvalue weighted by atomic mass is 10.1. The van der Waals surface area contributed by atoms with Crippen molar-refractivity contribution in [1.82, 2.24) is 5.32 Å². The van der Waals surface area contributed by atoms with Gasteiger partial charge in [-0.2, -0.15) is 13.2 Å². The number of morpholine rings is 1. The second-order valence-corrected chi connectivity index (χ2v) is 6.19. The normalized spacial score (nSPS) is 25.0. The van der Waals surface area contributed by atoms with Crippen molar-refractivity contribution >= 4 is 11.7 Å². The molecule has 2 fully saturated rings. The fraction of sp³-hybridized carbons (Fsp3) is 0.562. The van der Waals surface area contributed by atoms with Crippen LogP contribution in [0.5, 0.6) is 0 Å². The van der Waals surface area contributed by atoms with Crippen LogP contribution in [0.2, 0.25) is 0 Å². The van der Waals surface area contributed by atoms with Crippen LogP contribution in [0.3, 0.4) is 0 Å². The molecule has 3 aliphatic heterocycles. The minimum atomic E-state index is -5.08. The zero-order valence-corrected chi connectivity index (χ0v) is 13.0. The topological polar surface area (TPSA) is 61.8 Å². The second-order valence-electron chi connectivity index (χ2n) is 6.19. The van der Waals surface area contributed by atoms with Crippen LogP contribution in [0.1, 0.15) is 24.0 Å². The number of alkyl halides is 3. The maximum absolute atomic E-state index is 10.6. The molecule has 24 heavy (non-hydrogen) atoms. The summed E-state index contributed by atoms with van der Waals surface area (Å²) in [6, 6.07) is 8.19. The second kappa shape index (κ2) is 6.60. The number of aliphatic carboxylic acids is 1. The number of carboxylic acid groups (broad SMARTS) is 1. The standard InChI is InChI=1S/C14H18N2O.C2HF3O2/c1-2-12(5-11-7-15-6-10(1)11)16-13-3-4-14(16)9-17-8-13;3-2(4,5)1(6)7/h1-2,5,13-15H,3-4,6-9H2;(H,6,7). The van der Waals surface area contributed by atoms with E-state index in [0.717, 1.165) is 26.3 Å². The van der Waals surface area contributed by atoms with E-state index in [4.69, 9.17) is 14.6 Å². The van der Waals surface area contributed by atoms with Crippen LogP contribution >= 0.6 is 0 Å². The predicted octanol–water partition coefficient (Wildman–Crippen LogP) is 2.29. The van der Waals surface area contributed by atoms with Gasteiger partial charge in [0.05, 0.1) is 25.3 Å². The summed E-state index contributed by atoms with van der Waals surface area (Å²) in [6.07, 6.45) is -2.50. The van der Waals surface area contributed by atoms with Gasteiger partial charge in [0.25, 0.3) is 0 Å². The Kier molecular flexibility index (Phi) is 4.69. The number of nitrogens with zero attached hydrogens (tertiary/aromatic N) is 1. The number of halogens is 3. The first kappa shape index (κ1) is 17.0. The fourth-order valence-electron chi connectivity index (χ4n) is 3.49. The van der Waals surface area contributed by atoms with Gasteiger partial charge < -0.3 is 20.1 Å². The lowest BCUT2D eigenvalue weighted by Crippen LogP contribution is -2.45. The lowest BCUT2D eigenvalue weighted by molar-refractivity contribution is -0.192. The maximum Gasteiger partial charge on any atom is 0.490 e. The summed E-state index contributed by atoms with van der Waals surface area (Å²) in [5.41, 5.74) is 4.35. The van der Waals surface area contributed by atoms with E-state index in [1.54, 1.807) is 0 Å². The Bertz CT molecular complexity index is 605. The summed E-state index contributed by atoms with van der Waals surface area (Å²) in [5, 5.41) is 10.5. The summed E-state index contributed by atoms with van der Waals surface area (Å²) < 4.78 is 37.4. The van der Waals surface area contributed by atoms with E-state index >= 15 is 0 Å². The third kappa shape index (κ3) is 3.49. The van der Waals surface area contributed by atoms with Gasteiger partial charge in [-0.15, -0.1) is 0 Å². The Balaban J connectivity index is 0.000000209. The number of hydrogen-bond acceptors (Lipinski definition) is 4. The van der Waals surface area contributed by atoms with Gasteiger partial charge in [-0.3, -0.25) is 0 Å². The average molecular weight is 344 g/mol. The largest absolute Gasteiger partial charge is 0.490 e. The maximum atomic E-state index is 10.6. The Morgan fingerprint density at radius 2 is 1.75 bits per heavy atom. The quantitative estimate of drug-likeness (QED) is 0.819. The molecule has 2 bridgehead atoms. The molecule has 0 amide bonds. The highest BCUT2D eigenvalue weighted by molar-refractivity contribution is 5.73. The molecule has 0 spiro atoms. The van der Waals surface area contributed by atoms with Crippen molar-refractivity contribution in [2.75, 3.05) is 18.1 Å². The van der Waals surface area contributed by atoms with Crippen LogP contribution in [0.4, 0.5) is 18.9 Å². The third-order valence-electron chi connectivity index (χ3n) is 4.60. The number of rotatable bonds is 1. The van der Waals surface area contributed by atoms with E-state index in [9.17, 15) is 13.2 Å². The Morgan fingerprint density at radius 1 is 1.17 bits per heavy atom. The van der Waals surface area contributed by atoms with Crippen molar-refractivity contribution in [2.24, 2.45) is 0 Å². The molecule has 2 saturated heterocycles. The Labute approximate surface area is 137 Å². The van der Waals surface area contributed by atoms with Crippen molar-refractivity contribution in [2.45, 2.75) is 44.2 Å². The van der Waals surface area contributed by atoms with Gasteiger partial charge >= 0.3 is 12.1 Å². The molecule has 5 nitrogen and oxygen atoms in total. The molecule has 1 aromatic carbocycles. The fourth-order valence-corrected chi connectivity index (χ4v) is 3.49. The molecule has 1 aromatic rings. The molecular formula is C16H19F3N2O3. The molecule has 132 valence electrons. The lowest BCUT2D eigenvalue weighted by Gasteiger charge is -2.36. The number of nitrogens with one attached hydrogen (secondary N) is 1. The van der Waals surface area contributed by atoms with Crippen LogP contribution < -0.4 is 10.2 Å². The number of carboxylic acids is 1. The highest BCUT2D eigenvalue weighted by Gasteiger charge is 2.38. The summed E-state index contributed by atoms with van der Waals surface area (Å²) in [6.45, 7) is 3.88. The van der Waals surface area contributed by atoms with Gasteiger partial charge in [-0.1, -0.05) is 6.07 Å². The molecule has 4 rings (SSSR count). The molecule has 3 heterocycles. The van der Waals surface area contributed by atoms with Crippen LogP contribution in [-0.4, -0.2) is 42.5 Å². The molecule has 8 heteroatoms. The first-order chi connectivity index (χ1) is 11.4. The highest BCUT2D eigenvalue weighted by Crippen LogP contribution is 2.35. The van der Waals surface area contributed by atoms with Crippen LogP contribution in [0.25, 0.3) is 0 Å². The van der Waals surface area contributed by atoms with Gasteiger partial charge in [0.2, 0.25) is 0 Å². The van der Waals surface area contributed by atoms with Crippen molar-refractivity contribution in [1.29, 1.82) is 0 Å². The molecule has 0 aromatic heterocycles. The van der Waals surface area contributed by atoms with E-state index in [2.05, 4.69) is 28.4 Å². The first-order valence-electron chi connectivity index (χ1n) is 7.85. The summed E-state index contributed by atoms with van der Waals surface area (Å²) >= 11 is 0. The van der Waals surface area contributed by atoms with Crippen molar-refractivity contribution in [3.63, 3.8) is 0 Å². The minimum Gasteiger partial charge on any atom is -0.475 e. The van der Waals surface area contributed by atoms with Gasteiger partial charge in [0.15, 0.2) is 0 Å². The molecule has 0 aliphatic carbocycles. The molecule has 3 aliphatic rings. The Morgan fingerprint density at radius 3 is 2.33 bits per heavy atom. The predicted molar refractivity (Wildman–Crippen MR) is 80.8 cm³/mol. The van der Waals surface area contributed by atoms with Gasteiger partial charge in [-0.05, 0) is 36.1 Å². The summed E-state index contributed by atoms with van der Waals surface area (Å²) in [7, 11) is 0. The number of fused-ring (bicyclic) bond motifs is 3. The van der Waals surface area contributed by atoms with Crippen LogP contribution in [0, 0.1) is 0 Å². The van der Waals surface area contributed by atoms with Crippen LogP contribution in [-0.2, 0) is 22.6 Å². The number of carbonyl (C=O) groups is 1. The van der Waals surface area contributed by atoms with Crippen molar-refractivity contribution < 1.29 is 27.8 Å². The van der Waals surface area contributed by atoms with E-state index in [-0.39, 0.29) is 0 Å². The van der Waals surface area contributed by atoms with Gasteiger partial charge in [0, 0.05) is 18.8 Å². The highest BCUT2D eigenvalue weighted by atomic mass is 19.4. The molecule has 0 saturated carbocycles. The third-order valence-corrected chi connectivity index (χ3v) is 4.60. The van der Waals surface area contributed by atoms with E-state index in [1.807, 2.05) is 0 Å². The van der Waals surface area contributed by atoms with E-state index < -0.39 is 12.1 Å². The molecule has 2 N–H and O–H groups in total. The minimum absolute atomic E-state index is 0.612. The molecule has 2 unspecified atom stereocenters. The van der Waals surface area contributed by atoms with Gasteiger partial charge in [-0.25, -0.2) is 4.79 Å². The van der Waals surface area contributed by atoms with Gasteiger partial charge in [0.1, 0.15) is 0 Å². The van der Waals surface area contributed by atoms with Crippen molar-refractivity contribution in [3.8, 4) is 0 Å². The molecular weight excluding hydrogens is 325 g/mol. The van der Waals surface area contributed by atoms with Crippen LogP contribution in [0.15, 0.2) is 18.2 Å². The monoisotopic (exact) mass is 344 g/mol. The van der Waals surface area contributed by atoms with E-state index in [1.165, 1.54) is 29.7 Å². The number of hydrogen-bond donors (Lipinski definition) is 2. The molecule has 2 atom stereocenters. The zero-order chi connectivity index (χ0) is 17.3. The summed E-state index contributed by atoms with van der Waals surface area (Å²) in [5.74, 6) is -2.76. The SMILES string of the molecule is O=C(O)C(F)(F)F.c1cc2c(cc1N1C3CCC1COC3)CNC2. The first-order valence-corrected chi connectivity index (χ1v) is 7.85. The number of benzene rings is 1. The van der Waals surface area contributed by atoms with E-state index in [0.29, 0.717) is 12.1 Å². The number of ether oxygens (including phenoxy) is 1. The number of anilines is 1.